The number of likely N-dealkylation sites (tertiary alicyclic amines) is 1. The maximum atomic E-state index is 9.13. The number of nitrogens with two attached hydrogens (primary N) is 1. The number of hydrogen-bond acceptors (Lipinski definition) is 3. The average molecular weight is 269 g/mol. The normalized spacial score (nSPS) is 21.1. The van der Waals surface area contributed by atoms with E-state index in [-0.39, 0.29) is 6.61 Å². The van der Waals surface area contributed by atoms with Crippen molar-refractivity contribution < 1.29 is 5.11 Å². The molecule has 1 saturated heterocycles. The van der Waals surface area contributed by atoms with Gasteiger partial charge in [-0.2, -0.15) is 0 Å². The Bertz CT molecular complexity index is 395. The minimum absolute atomic E-state index is 0.256. The van der Waals surface area contributed by atoms with Crippen molar-refractivity contribution in [2.45, 2.75) is 38.3 Å². The Kier molecular flexibility index (Phi) is 4.87. The van der Waals surface area contributed by atoms with Gasteiger partial charge in [-0.25, -0.2) is 0 Å². The molecule has 1 aliphatic rings. The Balaban J connectivity index is 2.08. The first-order valence-corrected chi connectivity index (χ1v) is 6.97. The molecule has 1 unspecified atom stereocenters. The summed E-state index contributed by atoms with van der Waals surface area (Å²) in [5, 5.41) is 9.86. The molecule has 1 aliphatic heterocycles. The molecular weight excluding hydrogens is 248 g/mol. The molecule has 0 radical (unpaired) electrons. The summed E-state index contributed by atoms with van der Waals surface area (Å²) in [7, 11) is 0. The summed E-state index contributed by atoms with van der Waals surface area (Å²) in [5.74, 6) is 0. The lowest BCUT2D eigenvalue weighted by molar-refractivity contribution is 0.112. The van der Waals surface area contributed by atoms with Crippen LogP contribution in [-0.4, -0.2) is 29.2 Å². The third-order valence-electron chi connectivity index (χ3n) is 3.69. The van der Waals surface area contributed by atoms with Gasteiger partial charge in [0.2, 0.25) is 0 Å². The van der Waals surface area contributed by atoms with Crippen molar-refractivity contribution in [3.63, 3.8) is 0 Å². The van der Waals surface area contributed by atoms with Gasteiger partial charge in [0.1, 0.15) is 0 Å². The van der Waals surface area contributed by atoms with E-state index in [1.54, 1.807) is 0 Å². The Morgan fingerprint density at radius 2 is 2.22 bits per heavy atom. The average Bonchev–Trinajstić information content (AvgIpc) is 2.36. The van der Waals surface area contributed by atoms with Crippen molar-refractivity contribution in [2.75, 3.05) is 18.9 Å². The number of nitrogen functional groups attached to an aromatic ring is 1. The van der Waals surface area contributed by atoms with Crippen molar-refractivity contribution in [3.8, 4) is 0 Å². The van der Waals surface area contributed by atoms with Crippen LogP contribution in [0.2, 0.25) is 5.02 Å². The summed E-state index contributed by atoms with van der Waals surface area (Å²) in [6.45, 7) is 2.17. The molecule has 1 aromatic rings. The number of aliphatic hydroxyl groups excluding tert-OH is 1. The lowest BCUT2D eigenvalue weighted by Crippen LogP contribution is -2.39. The minimum Gasteiger partial charge on any atom is -0.398 e. The number of nitrogens with zero attached hydrogens (tertiary/aromatic N) is 1. The Hall–Kier alpha value is -0.770. The first kappa shape index (κ1) is 13.7. The second-order valence-corrected chi connectivity index (χ2v) is 5.41. The van der Waals surface area contributed by atoms with Gasteiger partial charge in [-0.1, -0.05) is 18.0 Å². The van der Waals surface area contributed by atoms with Gasteiger partial charge in [0, 0.05) is 29.9 Å². The molecule has 0 bridgehead atoms. The zero-order valence-electron chi connectivity index (χ0n) is 10.6. The van der Waals surface area contributed by atoms with Crippen molar-refractivity contribution in [1.82, 2.24) is 4.90 Å². The van der Waals surface area contributed by atoms with Gasteiger partial charge in [0.05, 0.1) is 0 Å². The quantitative estimate of drug-likeness (QED) is 0.826. The van der Waals surface area contributed by atoms with Crippen LogP contribution >= 0.6 is 11.6 Å². The van der Waals surface area contributed by atoms with Crippen LogP contribution < -0.4 is 5.73 Å². The monoisotopic (exact) mass is 268 g/mol. The molecule has 4 heteroatoms. The van der Waals surface area contributed by atoms with Crippen LogP contribution in [0.5, 0.6) is 0 Å². The maximum absolute atomic E-state index is 9.13. The van der Waals surface area contributed by atoms with Gasteiger partial charge >= 0.3 is 0 Å². The lowest BCUT2D eigenvalue weighted by Gasteiger charge is -2.35. The van der Waals surface area contributed by atoms with Gasteiger partial charge in [-0.05, 0) is 49.6 Å². The number of halogens is 1. The SMILES string of the molecule is Nc1ccc(Cl)cc1CN1CCCCC1CCO. The summed E-state index contributed by atoms with van der Waals surface area (Å²) in [5.41, 5.74) is 7.88. The van der Waals surface area contributed by atoms with Gasteiger partial charge in [0.15, 0.2) is 0 Å². The molecule has 1 heterocycles. The molecule has 0 saturated carbocycles. The Labute approximate surface area is 114 Å². The standard InChI is InChI=1S/C14H21ClN2O/c15-12-4-5-14(16)11(9-12)10-17-7-2-1-3-13(17)6-8-18/h4-5,9,13,18H,1-3,6-8,10,16H2. The second-order valence-electron chi connectivity index (χ2n) is 4.98. The topological polar surface area (TPSA) is 49.5 Å². The molecule has 0 spiro atoms. The Morgan fingerprint density at radius 3 is 3.00 bits per heavy atom. The van der Waals surface area contributed by atoms with E-state index in [1.165, 1.54) is 19.3 Å². The third kappa shape index (κ3) is 3.37. The molecule has 3 N–H and O–H groups in total. The van der Waals surface area contributed by atoms with Crippen LogP contribution in [0.25, 0.3) is 0 Å². The minimum atomic E-state index is 0.256. The lowest BCUT2D eigenvalue weighted by atomic mass is 9.98. The number of benzene rings is 1. The summed E-state index contributed by atoms with van der Waals surface area (Å²) < 4.78 is 0. The molecule has 0 aromatic heterocycles. The molecule has 1 aromatic carbocycles. The van der Waals surface area contributed by atoms with E-state index in [4.69, 9.17) is 22.4 Å². The summed E-state index contributed by atoms with van der Waals surface area (Å²) in [6, 6.07) is 6.11. The fourth-order valence-electron chi connectivity index (χ4n) is 2.67. The van der Waals surface area contributed by atoms with Crippen molar-refractivity contribution in [2.24, 2.45) is 0 Å². The van der Waals surface area contributed by atoms with E-state index in [0.717, 1.165) is 35.8 Å². The van der Waals surface area contributed by atoms with E-state index >= 15 is 0 Å². The van der Waals surface area contributed by atoms with Gasteiger partial charge in [-0.3, -0.25) is 4.90 Å². The van der Waals surface area contributed by atoms with Crippen molar-refractivity contribution >= 4 is 17.3 Å². The van der Waals surface area contributed by atoms with E-state index in [9.17, 15) is 0 Å². The second kappa shape index (κ2) is 6.41. The number of piperidine rings is 1. The summed E-state index contributed by atoms with van der Waals surface area (Å²) >= 11 is 6.02. The molecule has 100 valence electrons. The van der Waals surface area contributed by atoms with Crippen molar-refractivity contribution in [1.29, 1.82) is 0 Å². The van der Waals surface area contributed by atoms with E-state index < -0.39 is 0 Å². The first-order valence-electron chi connectivity index (χ1n) is 6.59. The third-order valence-corrected chi connectivity index (χ3v) is 3.92. The zero-order chi connectivity index (χ0) is 13.0. The number of rotatable bonds is 4. The number of anilines is 1. The molecule has 18 heavy (non-hydrogen) atoms. The smallest absolute Gasteiger partial charge is 0.0445 e. The number of aliphatic hydroxyl groups is 1. The molecule has 1 fully saturated rings. The first-order chi connectivity index (χ1) is 8.70. The van der Waals surface area contributed by atoms with Crippen LogP contribution in [0.1, 0.15) is 31.2 Å². The van der Waals surface area contributed by atoms with Gasteiger partial charge < -0.3 is 10.8 Å². The van der Waals surface area contributed by atoms with E-state index in [0.29, 0.717) is 6.04 Å². The highest BCUT2D eigenvalue weighted by molar-refractivity contribution is 6.30. The fraction of sp³-hybridized carbons (Fsp3) is 0.571. The number of hydrogen-bond donors (Lipinski definition) is 2. The largest absolute Gasteiger partial charge is 0.398 e. The van der Waals surface area contributed by atoms with Crippen LogP contribution in [0, 0.1) is 0 Å². The highest BCUT2D eigenvalue weighted by Crippen LogP contribution is 2.25. The van der Waals surface area contributed by atoms with Gasteiger partial charge in [0.25, 0.3) is 0 Å². The molecule has 2 rings (SSSR count). The fourth-order valence-corrected chi connectivity index (χ4v) is 2.87. The summed E-state index contributed by atoms with van der Waals surface area (Å²) in [6.07, 6.45) is 4.50. The zero-order valence-corrected chi connectivity index (χ0v) is 11.4. The van der Waals surface area contributed by atoms with Crippen LogP contribution in [0.4, 0.5) is 5.69 Å². The van der Waals surface area contributed by atoms with Crippen LogP contribution in [0.3, 0.4) is 0 Å². The highest BCUT2D eigenvalue weighted by atomic mass is 35.5. The predicted molar refractivity (Wildman–Crippen MR) is 75.6 cm³/mol. The molecule has 1 atom stereocenters. The Morgan fingerprint density at radius 1 is 1.39 bits per heavy atom. The predicted octanol–water partition coefficient (Wildman–Crippen LogP) is 2.66. The molecule has 3 nitrogen and oxygen atoms in total. The highest BCUT2D eigenvalue weighted by Gasteiger charge is 2.22. The molecule has 0 aliphatic carbocycles. The van der Waals surface area contributed by atoms with Crippen molar-refractivity contribution in [3.05, 3.63) is 28.8 Å². The maximum Gasteiger partial charge on any atom is 0.0445 e. The summed E-state index contributed by atoms with van der Waals surface area (Å²) in [4.78, 5) is 2.42. The molecular formula is C14H21ClN2O. The van der Waals surface area contributed by atoms with Gasteiger partial charge in [-0.15, -0.1) is 0 Å². The van der Waals surface area contributed by atoms with Crippen LogP contribution in [-0.2, 0) is 6.54 Å². The molecule has 0 amide bonds. The van der Waals surface area contributed by atoms with E-state index in [2.05, 4.69) is 4.90 Å². The van der Waals surface area contributed by atoms with E-state index in [1.807, 2.05) is 18.2 Å². The van der Waals surface area contributed by atoms with Crippen LogP contribution in [0.15, 0.2) is 18.2 Å².